The first kappa shape index (κ1) is 24.3. The molecule has 2 atom stereocenters. The van der Waals surface area contributed by atoms with E-state index in [1.807, 2.05) is 42.5 Å². The number of rotatable bonds is 9. The van der Waals surface area contributed by atoms with Crippen LogP contribution in [0.15, 0.2) is 48.5 Å². The van der Waals surface area contributed by atoms with Crippen molar-refractivity contribution < 1.29 is 19.1 Å². The van der Waals surface area contributed by atoms with E-state index in [-0.39, 0.29) is 36.3 Å². The van der Waals surface area contributed by atoms with Crippen molar-refractivity contribution in [2.75, 3.05) is 33.3 Å². The Morgan fingerprint density at radius 1 is 1.00 bits per heavy atom. The lowest BCUT2D eigenvalue weighted by Gasteiger charge is -2.35. The molecule has 1 saturated heterocycles. The highest BCUT2D eigenvalue weighted by atomic mass is 16.5. The minimum Gasteiger partial charge on any atom is -0.497 e. The van der Waals surface area contributed by atoms with Gasteiger partial charge in [-0.25, -0.2) is 0 Å². The van der Waals surface area contributed by atoms with Gasteiger partial charge in [0.1, 0.15) is 11.8 Å². The molecule has 1 saturated carbocycles. The number of likely N-dealkylation sites (tertiary alicyclic amines) is 1. The number of piperidine rings is 1. The van der Waals surface area contributed by atoms with Crippen molar-refractivity contribution in [2.24, 2.45) is 0 Å². The fourth-order valence-electron chi connectivity index (χ4n) is 5.38. The van der Waals surface area contributed by atoms with Crippen molar-refractivity contribution in [1.29, 1.82) is 0 Å². The zero-order chi connectivity index (χ0) is 25.1. The van der Waals surface area contributed by atoms with Crippen molar-refractivity contribution in [2.45, 2.75) is 50.2 Å². The van der Waals surface area contributed by atoms with Gasteiger partial charge in [0.2, 0.25) is 11.8 Å². The zero-order valence-corrected chi connectivity index (χ0v) is 20.7. The van der Waals surface area contributed by atoms with Gasteiger partial charge < -0.3 is 20.3 Å². The predicted molar refractivity (Wildman–Crippen MR) is 136 cm³/mol. The summed E-state index contributed by atoms with van der Waals surface area (Å²) in [7, 11) is 1.65. The summed E-state index contributed by atoms with van der Waals surface area (Å²) in [6, 6.07) is 14.7. The topological polar surface area (TPSA) is 91.0 Å². The predicted octanol–water partition coefficient (Wildman–Crippen LogP) is 2.81. The highest BCUT2D eigenvalue weighted by Gasteiger charge is 2.47. The Morgan fingerprint density at radius 2 is 1.72 bits per heavy atom. The molecule has 2 aromatic rings. The molecule has 8 nitrogen and oxygen atoms in total. The summed E-state index contributed by atoms with van der Waals surface area (Å²) in [6.07, 6.45) is 5.35. The third-order valence-electron chi connectivity index (χ3n) is 7.43. The average Bonchev–Trinajstić information content (AvgIpc) is 3.72. The third-order valence-corrected chi connectivity index (χ3v) is 7.43. The molecule has 3 aliphatic rings. The van der Waals surface area contributed by atoms with Crippen molar-refractivity contribution in [3.8, 4) is 5.75 Å². The second-order valence-corrected chi connectivity index (χ2v) is 9.84. The Kier molecular flexibility index (Phi) is 7.23. The van der Waals surface area contributed by atoms with Crippen molar-refractivity contribution in [1.82, 2.24) is 20.4 Å². The summed E-state index contributed by atoms with van der Waals surface area (Å²) in [5, 5.41) is 5.80. The van der Waals surface area contributed by atoms with Crippen LogP contribution in [0.2, 0.25) is 0 Å². The quantitative estimate of drug-likeness (QED) is 0.564. The second kappa shape index (κ2) is 10.7. The van der Waals surface area contributed by atoms with E-state index in [1.165, 1.54) is 6.42 Å². The van der Waals surface area contributed by atoms with E-state index in [2.05, 4.69) is 15.5 Å². The number of amides is 3. The van der Waals surface area contributed by atoms with Gasteiger partial charge in [0.05, 0.1) is 19.7 Å². The maximum absolute atomic E-state index is 13.2. The molecule has 0 spiro atoms. The zero-order valence-electron chi connectivity index (χ0n) is 20.7. The van der Waals surface area contributed by atoms with Gasteiger partial charge in [-0.15, -0.1) is 0 Å². The van der Waals surface area contributed by atoms with Crippen LogP contribution in [0.1, 0.15) is 65.7 Å². The summed E-state index contributed by atoms with van der Waals surface area (Å²) >= 11 is 0. The normalized spacial score (nSPS) is 20.5. The lowest BCUT2D eigenvalue weighted by atomic mass is 10.0. The van der Waals surface area contributed by atoms with Gasteiger partial charge in [-0.05, 0) is 68.1 Å². The fourth-order valence-corrected chi connectivity index (χ4v) is 5.38. The number of hydrogen-bond acceptors (Lipinski definition) is 5. The first-order chi connectivity index (χ1) is 17.6. The van der Waals surface area contributed by atoms with Gasteiger partial charge in [0.25, 0.3) is 5.91 Å². The number of hydrogen-bond donors (Lipinski definition) is 2. The Morgan fingerprint density at radius 3 is 2.42 bits per heavy atom. The Bertz CT molecular complexity index is 1110. The smallest absolute Gasteiger partial charge is 0.255 e. The summed E-state index contributed by atoms with van der Waals surface area (Å²) in [4.78, 5) is 42.9. The highest BCUT2D eigenvalue weighted by Crippen LogP contribution is 2.41. The number of carbonyl (C=O) groups is 3. The summed E-state index contributed by atoms with van der Waals surface area (Å²) < 4.78 is 5.30. The molecule has 0 bridgehead atoms. The van der Waals surface area contributed by atoms with E-state index in [1.54, 1.807) is 18.1 Å². The molecule has 2 aliphatic heterocycles. The van der Waals surface area contributed by atoms with E-state index in [9.17, 15) is 14.4 Å². The number of methoxy groups -OCH3 is 1. The molecule has 190 valence electrons. The highest BCUT2D eigenvalue weighted by molar-refractivity contribution is 6.05. The second-order valence-electron chi connectivity index (χ2n) is 9.84. The minimum absolute atomic E-state index is 0.0561. The first-order valence-corrected chi connectivity index (χ1v) is 12.9. The Hall–Kier alpha value is -3.39. The average molecular weight is 491 g/mol. The molecule has 2 fully saturated rings. The molecule has 3 amide bonds. The van der Waals surface area contributed by atoms with Crippen LogP contribution in [0.5, 0.6) is 5.75 Å². The molecule has 1 aliphatic carbocycles. The van der Waals surface area contributed by atoms with Crippen LogP contribution in [-0.4, -0.2) is 66.9 Å². The van der Waals surface area contributed by atoms with Crippen LogP contribution >= 0.6 is 0 Å². The van der Waals surface area contributed by atoms with Crippen LogP contribution in [0, 0.1) is 0 Å². The SMILES string of the molecule is COc1ccc(C(CNC(=O)CNC(=O)C2c3ccccc3C(=O)N2C2CC2)N2CCCCC2)cc1. The number of nitrogens with one attached hydrogen (secondary N) is 2. The van der Waals surface area contributed by atoms with E-state index < -0.39 is 6.04 Å². The third kappa shape index (κ3) is 5.09. The van der Waals surface area contributed by atoms with E-state index in [4.69, 9.17) is 4.74 Å². The molecule has 36 heavy (non-hydrogen) atoms. The van der Waals surface area contributed by atoms with Crippen LogP contribution in [0.4, 0.5) is 0 Å². The van der Waals surface area contributed by atoms with Crippen molar-refractivity contribution in [3.63, 3.8) is 0 Å². The fraction of sp³-hybridized carbons (Fsp3) is 0.464. The molecular weight excluding hydrogens is 456 g/mol. The van der Waals surface area contributed by atoms with Gasteiger partial charge in [-0.2, -0.15) is 0 Å². The molecule has 2 aromatic carbocycles. The maximum atomic E-state index is 13.2. The molecule has 8 heteroatoms. The van der Waals surface area contributed by atoms with Gasteiger partial charge in [-0.3, -0.25) is 19.3 Å². The molecule has 2 N–H and O–H groups in total. The summed E-state index contributed by atoms with van der Waals surface area (Å²) in [5.74, 6) is 0.157. The summed E-state index contributed by atoms with van der Waals surface area (Å²) in [6.45, 7) is 2.32. The number of ether oxygens (including phenoxy) is 1. The van der Waals surface area contributed by atoms with E-state index >= 15 is 0 Å². The summed E-state index contributed by atoms with van der Waals surface area (Å²) in [5.41, 5.74) is 2.43. The lowest BCUT2D eigenvalue weighted by Crippen LogP contribution is -2.46. The minimum atomic E-state index is -0.672. The van der Waals surface area contributed by atoms with Crippen LogP contribution < -0.4 is 15.4 Å². The van der Waals surface area contributed by atoms with Crippen LogP contribution in [-0.2, 0) is 9.59 Å². The lowest BCUT2D eigenvalue weighted by molar-refractivity contribution is -0.129. The molecular formula is C28H34N4O4. The van der Waals surface area contributed by atoms with Crippen LogP contribution in [0.25, 0.3) is 0 Å². The van der Waals surface area contributed by atoms with E-state index in [0.717, 1.165) is 55.6 Å². The number of carbonyl (C=O) groups excluding carboxylic acids is 3. The van der Waals surface area contributed by atoms with Crippen molar-refractivity contribution >= 4 is 17.7 Å². The molecule has 2 heterocycles. The molecule has 2 unspecified atom stereocenters. The van der Waals surface area contributed by atoms with Crippen LogP contribution in [0.3, 0.4) is 0 Å². The molecule has 5 rings (SSSR count). The van der Waals surface area contributed by atoms with Gasteiger partial charge in [-0.1, -0.05) is 36.8 Å². The number of nitrogens with zero attached hydrogens (tertiary/aromatic N) is 2. The molecule has 0 aromatic heterocycles. The van der Waals surface area contributed by atoms with Gasteiger partial charge >= 0.3 is 0 Å². The number of fused-ring (bicyclic) bond motifs is 1. The van der Waals surface area contributed by atoms with Gasteiger partial charge in [0, 0.05) is 18.2 Å². The Balaban J connectivity index is 1.21. The Labute approximate surface area is 212 Å². The maximum Gasteiger partial charge on any atom is 0.255 e. The largest absolute Gasteiger partial charge is 0.497 e. The van der Waals surface area contributed by atoms with Gasteiger partial charge in [0.15, 0.2) is 0 Å². The van der Waals surface area contributed by atoms with Crippen molar-refractivity contribution in [3.05, 3.63) is 65.2 Å². The molecule has 0 radical (unpaired) electrons. The monoisotopic (exact) mass is 490 g/mol. The first-order valence-electron chi connectivity index (χ1n) is 12.9. The standard InChI is InChI=1S/C28H34N4O4/c1-36-21-13-9-19(10-14-21)24(31-15-5-2-6-16-31)17-29-25(33)18-30-27(34)26-22-7-3-4-8-23(22)28(35)32(26)20-11-12-20/h3-4,7-10,13-14,20,24,26H,2,5-6,11-12,15-18H2,1H3,(H,29,33)(H,30,34). The number of benzene rings is 2. The van der Waals surface area contributed by atoms with E-state index in [0.29, 0.717) is 12.1 Å².